The lowest BCUT2D eigenvalue weighted by Gasteiger charge is -2.19. The summed E-state index contributed by atoms with van der Waals surface area (Å²) in [6.45, 7) is -0.676. The Labute approximate surface area is 133 Å². The van der Waals surface area contributed by atoms with Crippen molar-refractivity contribution >= 4 is 17.5 Å². The van der Waals surface area contributed by atoms with Gasteiger partial charge in [-0.05, 0) is 12.1 Å². The van der Waals surface area contributed by atoms with Gasteiger partial charge in [0, 0.05) is 25.0 Å². The number of hydrogen-bond donors (Lipinski definition) is 4. The molecule has 0 unspecified atom stereocenters. The average molecular weight is 318 g/mol. The minimum atomic E-state index is -0.697. The average Bonchev–Trinajstić information content (AvgIpc) is 2.55. The van der Waals surface area contributed by atoms with Crippen LogP contribution in [0.15, 0.2) is 36.0 Å². The molecule has 1 aromatic rings. The number of nitriles is 1. The van der Waals surface area contributed by atoms with Crippen molar-refractivity contribution in [2.45, 2.75) is 0 Å². The highest BCUT2D eigenvalue weighted by Crippen LogP contribution is 2.10. The Hall–Kier alpha value is -2.89. The molecule has 0 atom stereocenters. The molecule has 122 valence electrons. The van der Waals surface area contributed by atoms with Gasteiger partial charge in [-0.1, -0.05) is 12.1 Å². The van der Waals surface area contributed by atoms with Crippen molar-refractivity contribution in [1.82, 2.24) is 10.2 Å². The number of amides is 2. The van der Waals surface area contributed by atoms with Gasteiger partial charge in [-0.15, -0.1) is 0 Å². The van der Waals surface area contributed by atoms with E-state index in [-0.39, 0.29) is 43.1 Å². The molecule has 0 radical (unpaired) electrons. The Morgan fingerprint density at radius 1 is 1.26 bits per heavy atom. The molecule has 1 aromatic carbocycles. The molecule has 8 heteroatoms. The van der Waals surface area contributed by atoms with Gasteiger partial charge in [-0.3, -0.25) is 9.59 Å². The summed E-state index contributed by atoms with van der Waals surface area (Å²) in [4.78, 5) is 25.2. The van der Waals surface area contributed by atoms with E-state index in [1.807, 2.05) is 0 Å². The standard InChI is InChI=1S/C15H18N4O4/c16-9-11(15(23)19(5-7-20)6-8-21)10-18-14(22)12-3-1-2-4-13(12)17/h1-4,10,20-21H,5-8,17H2,(H,18,22)/b11-10-. The van der Waals surface area contributed by atoms with E-state index in [1.165, 1.54) is 6.07 Å². The molecule has 23 heavy (non-hydrogen) atoms. The fraction of sp³-hybridized carbons (Fsp3) is 0.267. The van der Waals surface area contributed by atoms with E-state index in [9.17, 15) is 9.59 Å². The number of aliphatic hydroxyl groups excluding tert-OH is 2. The Kier molecular flexibility index (Phi) is 7.26. The second-order valence-corrected chi connectivity index (χ2v) is 4.47. The van der Waals surface area contributed by atoms with Crippen LogP contribution in [0, 0.1) is 11.3 Å². The zero-order valence-corrected chi connectivity index (χ0v) is 12.4. The van der Waals surface area contributed by atoms with Gasteiger partial charge in [0.2, 0.25) is 0 Å². The molecule has 0 heterocycles. The van der Waals surface area contributed by atoms with Crippen LogP contribution in [0.25, 0.3) is 0 Å². The number of carbonyl (C=O) groups excluding carboxylic acids is 2. The summed E-state index contributed by atoms with van der Waals surface area (Å²) in [7, 11) is 0. The summed E-state index contributed by atoms with van der Waals surface area (Å²) in [6.07, 6.45) is 0.985. The van der Waals surface area contributed by atoms with Gasteiger partial charge in [-0.2, -0.15) is 5.26 Å². The SMILES string of the molecule is N#C/C(=C/NC(=O)c1ccccc1N)C(=O)N(CCO)CCO. The number of nitrogen functional groups attached to an aromatic ring is 1. The van der Waals surface area contributed by atoms with Crippen LogP contribution in [0.4, 0.5) is 5.69 Å². The van der Waals surface area contributed by atoms with Crippen molar-refractivity contribution in [2.75, 3.05) is 32.0 Å². The minimum Gasteiger partial charge on any atom is -0.398 e. The summed E-state index contributed by atoms with van der Waals surface area (Å²) in [5, 5.41) is 29.2. The summed E-state index contributed by atoms with van der Waals surface area (Å²) in [5.74, 6) is -1.25. The zero-order chi connectivity index (χ0) is 17.2. The molecule has 0 aliphatic carbocycles. The first-order chi connectivity index (χ1) is 11.0. The minimum absolute atomic E-state index is 0.0298. The van der Waals surface area contributed by atoms with Crippen LogP contribution in [0.5, 0.6) is 0 Å². The Balaban J connectivity index is 2.87. The highest BCUT2D eigenvalue weighted by atomic mass is 16.3. The largest absolute Gasteiger partial charge is 0.398 e. The fourth-order valence-electron chi connectivity index (χ4n) is 1.79. The lowest BCUT2D eigenvalue weighted by Crippen LogP contribution is -2.37. The van der Waals surface area contributed by atoms with Crippen LogP contribution in [-0.4, -0.2) is 53.2 Å². The summed E-state index contributed by atoms with van der Waals surface area (Å²) < 4.78 is 0. The molecule has 0 aromatic heterocycles. The predicted molar refractivity (Wildman–Crippen MR) is 82.8 cm³/mol. The van der Waals surface area contributed by atoms with E-state index in [4.69, 9.17) is 21.2 Å². The first-order valence-electron chi connectivity index (χ1n) is 6.81. The number of hydrogen-bond acceptors (Lipinski definition) is 6. The van der Waals surface area contributed by atoms with E-state index in [0.717, 1.165) is 11.1 Å². The predicted octanol–water partition coefficient (Wildman–Crippen LogP) is -0.781. The van der Waals surface area contributed by atoms with Gasteiger partial charge in [-0.25, -0.2) is 0 Å². The van der Waals surface area contributed by atoms with Crippen molar-refractivity contribution in [3.8, 4) is 6.07 Å². The molecule has 0 bridgehead atoms. The van der Waals surface area contributed by atoms with Crippen molar-refractivity contribution in [1.29, 1.82) is 5.26 Å². The number of nitrogens with one attached hydrogen (secondary N) is 1. The van der Waals surface area contributed by atoms with Crippen LogP contribution >= 0.6 is 0 Å². The van der Waals surface area contributed by atoms with Crippen LogP contribution in [0.3, 0.4) is 0 Å². The second kappa shape index (κ2) is 9.19. The monoisotopic (exact) mass is 318 g/mol. The van der Waals surface area contributed by atoms with Gasteiger partial charge >= 0.3 is 0 Å². The number of nitrogens with zero attached hydrogens (tertiary/aromatic N) is 2. The Bertz CT molecular complexity index is 631. The van der Waals surface area contributed by atoms with E-state index in [2.05, 4.69) is 5.32 Å². The molecule has 5 N–H and O–H groups in total. The lowest BCUT2D eigenvalue weighted by molar-refractivity contribution is -0.127. The molecule has 2 amide bonds. The fourth-order valence-corrected chi connectivity index (χ4v) is 1.79. The molecule has 1 rings (SSSR count). The van der Waals surface area contributed by atoms with Gasteiger partial charge in [0.1, 0.15) is 11.6 Å². The van der Waals surface area contributed by atoms with Crippen molar-refractivity contribution in [3.63, 3.8) is 0 Å². The van der Waals surface area contributed by atoms with Crippen molar-refractivity contribution in [2.24, 2.45) is 0 Å². The molecule has 0 aliphatic rings. The maximum atomic E-state index is 12.1. The first-order valence-corrected chi connectivity index (χ1v) is 6.81. The Morgan fingerprint density at radius 3 is 2.39 bits per heavy atom. The van der Waals surface area contributed by atoms with E-state index < -0.39 is 11.8 Å². The third-order valence-electron chi connectivity index (χ3n) is 2.93. The van der Waals surface area contributed by atoms with Crippen LogP contribution < -0.4 is 11.1 Å². The first kappa shape index (κ1) is 18.2. The zero-order valence-electron chi connectivity index (χ0n) is 12.4. The molecular weight excluding hydrogens is 300 g/mol. The van der Waals surface area contributed by atoms with Crippen LogP contribution in [0.2, 0.25) is 0 Å². The highest BCUT2D eigenvalue weighted by Gasteiger charge is 2.18. The normalized spacial score (nSPS) is 10.7. The van der Waals surface area contributed by atoms with Gasteiger partial charge in [0.15, 0.2) is 0 Å². The number of benzene rings is 1. The third kappa shape index (κ3) is 5.10. The highest BCUT2D eigenvalue weighted by molar-refractivity contribution is 6.01. The quantitative estimate of drug-likeness (QED) is 0.295. The summed E-state index contributed by atoms with van der Waals surface area (Å²) in [5.41, 5.74) is 5.83. The van der Waals surface area contributed by atoms with Crippen LogP contribution in [-0.2, 0) is 4.79 Å². The third-order valence-corrected chi connectivity index (χ3v) is 2.93. The van der Waals surface area contributed by atoms with E-state index in [0.29, 0.717) is 0 Å². The lowest BCUT2D eigenvalue weighted by atomic mass is 10.1. The molecule has 0 saturated heterocycles. The number of nitrogens with two attached hydrogens (primary N) is 1. The molecule has 8 nitrogen and oxygen atoms in total. The maximum absolute atomic E-state index is 12.1. The summed E-state index contributed by atoms with van der Waals surface area (Å²) >= 11 is 0. The molecule has 0 saturated carbocycles. The number of anilines is 1. The smallest absolute Gasteiger partial charge is 0.266 e. The molecular formula is C15H18N4O4. The molecule has 0 fully saturated rings. The van der Waals surface area contributed by atoms with Gasteiger partial charge in [0.25, 0.3) is 11.8 Å². The number of rotatable bonds is 7. The number of aliphatic hydroxyl groups is 2. The Morgan fingerprint density at radius 2 is 1.87 bits per heavy atom. The van der Waals surface area contributed by atoms with Crippen molar-refractivity contribution in [3.05, 3.63) is 41.6 Å². The van der Waals surface area contributed by atoms with E-state index >= 15 is 0 Å². The second-order valence-electron chi connectivity index (χ2n) is 4.47. The van der Waals surface area contributed by atoms with Gasteiger partial charge < -0.3 is 26.2 Å². The van der Waals surface area contributed by atoms with Crippen LogP contribution in [0.1, 0.15) is 10.4 Å². The van der Waals surface area contributed by atoms with Crippen molar-refractivity contribution < 1.29 is 19.8 Å². The molecule has 0 spiro atoms. The van der Waals surface area contributed by atoms with Gasteiger partial charge in [0.05, 0.1) is 18.8 Å². The number of para-hydroxylation sites is 1. The topological polar surface area (TPSA) is 140 Å². The summed E-state index contributed by atoms with van der Waals surface area (Å²) in [6, 6.07) is 8.06. The number of carbonyl (C=O) groups is 2. The maximum Gasteiger partial charge on any atom is 0.266 e. The molecule has 0 aliphatic heterocycles. The van der Waals surface area contributed by atoms with E-state index in [1.54, 1.807) is 24.3 Å².